The molecule has 0 amide bonds. The highest BCUT2D eigenvalue weighted by Crippen LogP contribution is 2.20. The van der Waals surface area contributed by atoms with E-state index in [1.807, 2.05) is 6.92 Å². The Morgan fingerprint density at radius 1 is 1.47 bits per heavy atom. The molecule has 0 radical (unpaired) electrons. The van der Waals surface area contributed by atoms with Gasteiger partial charge in [0.2, 0.25) is 10.0 Å². The maximum absolute atomic E-state index is 12.4. The second kappa shape index (κ2) is 4.64. The van der Waals surface area contributed by atoms with Crippen molar-refractivity contribution in [2.45, 2.75) is 17.9 Å². The molecule has 0 aliphatic carbocycles. The van der Waals surface area contributed by atoms with E-state index >= 15 is 0 Å². The molecule has 6 heteroatoms. The normalized spacial score (nSPS) is 22.5. The van der Waals surface area contributed by atoms with Gasteiger partial charge in [0.25, 0.3) is 0 Å². The number of sulfonamides is 1. The van der Waals surface area contributed by atoms with Crippen LogP contribution in [0.5, 0.6) is 0 Å². The summed E-state index contributed by atoms with van der Waals surface area (Å²) in [7, 11) is -3.42. The van der Waals surface area contributed by atoms with Gasteiger partial charge in [0.15, 0.2) is 0 Å². The first kappa shape index (κ1) is 12.3. The summed E-state index contributed by atoms with van der Waals surface area (Å²) in [5.41, 5.74) is 6.09. The van der Waals surface area contributed by atoms with E-state index in [1.165, 1.54) is 10.4 Å². The first-order valence-electron chi connectivity index (χ1n) is 5.60. The van der Waals surface area contributed by atoms with Crippen LogP contribution in [-0.2, 0) is 10.0 Å². The van der Waals surface area contributed by atoms with Gasteiger partial charge in [-0.2, -0.15) is 4.31 Å². The van der Waals surface area contributed by atoms with Crippen molar-refractivity contribution < 1.29 is 8.42 Å². The maximum Gasteiger partial charge on any atom is 0.243 e. The first-order valence-corrected chi connectivity index (χ1v) is 7.04. The molecule has 0 saturated carbocycles. The summed E-state index contributed by atoms with van der Waals surface area (Å²) >= 11 is 0. The van der Waals surface area contributed by atoms with Crippen molar-refractivity contribution in [3.63, 3.8) is 0 Å². The third-order valence-corrected chi connectivity index (χ3v) is 4.91. The predicted molar refractivity (Wildman–Crippen MR) is 67.1 cm³/mol. The lowest BCUT2D eigenvalue weighted by Gasteiger charge is -2.32. The van der Waals surface area contributed by atoms with Gasteiger partial charge in [-0.25, -0.2) is 8.42 Å². The van der Waals surface area contributed by atoms with Crippen LogP contribution in [0.2, 0.25) is 0 Å². The van der Waals surface area contributed by atoms with Crippen molar-refractivity contribution in [2.24, 2.45) is 0 Å². The molecular formula is C11H17N3O2S. The highest BCUT2D eigenvalue weighted by molar-refractivity contribution is 7.89. The van der Waals surface area contributed by atoms with Gasteiger partial charge in [-0.15, -0.1) is 0 Å². The Hall–Kier alpha value is -1.11. The summed E-state index contributed by atoms with van der Waals surface area (Å²) in [5, 5.41) is 3.17. The van der Waals surface area contributed by atoms with Crippen molar-refractivity contribution in [1.82, 2.24) is 9.62 Å². The van der Waals surface area contributed by atoms with Gasteiger partial charge in [0.1, 0.15) is 0 Å². The standard InChI is InChI=1S/C11H17N3O2S/c1-9-8-13-5-6-14(9)17(15,16)11-4-2-3-10(12)7-11/h2-4,7,9,13H,5-6,8,12H2,1H3/t9-/m0/s1. The Morgan fingerprint density at radius 2 is 2.24 bits per heavy atom. The lowest BCUT2D eigenvalue weighted by Crippen LogP contribution is -2.52. The molecule has 1 heterocycles. The summed E-state index contributed by atoms with van der Waals surface area (Å²) in [4.78, 5) is 0.270. The molecule has 1 atom stereocenters. The molecule has 0 unspecified atom stereocenters. The number of anilines is 1. The number of rotatable bonds is 2. The molecule has 1 aromatic carbocycles. The quantitative estimate of drug-likeness (QED) is 0.743. The van der Waals surface area contributed by atoms with E-state index in [0.29, 0.717) is 25.3 Å². The SMILES string of the molecule is C[C@H]1CNCCN1S(=O)(=O)c1cccc(N)c1. The fourth-order valence-electron chi connectivity index (χ4n) is 1.99. The summed E-state index contributed by atoms with van der Waals surface area (Å²) in [6.45, 7) is 3.77. The van der Waals surface area contributed by atoms with Gasteiger partial charge < -0.3 is 11.1 Å². The summed E-state index contributed by atoms with van der Waals surface area (Å²) < 4.78 is 26.3. The van der Waals surface area contributed by atoms with Crippen LogP contribution < -0.4 is 11.1 Å². The molecule has 1 aliphatic heterocycles. The number of nitrogens with one attached hydrogen (secondary N) is 1. The molecule has 2 rings (SSSR count). The van der Waals surface area contributed by atoms with E-state index in [4.69, 9.17) is 5.73 Å². The van der Waals surface area contributed by atoms with Crippen molar-refractivity contribution in [1.29, 1.82) is 0 Å². The molecule has 0 bridgehead atoms. The third kappa shape index (κ3) is 2.43. The van der Waals surface area contributed by atoms with Gasteiger partial charge in [0.05, 0.1) is 4.90 Å². The zero-order valence-corrected chi connectivity index (χ0v) is 10.6. The van der Waals surface area contributed by atoms with Crippen LogP contribution in [0.15, 0.2) is 29.2 Å². The molecule has 1 aromatic rings. The molecule has 1 saturated heterocycles. The van der Waals surface area contributed by atoms with Crippen molar-refractivity contribution in [2.75, 3.05) is 25.4 Å². The average molecular weight is 255 g/mol. The van der Waals surface area contributed by atoms with Crippen LogP contribution in [0.4, 0.5) is 5.69 Å². The topological polar surface area (TPSA) is 75.4 Å². The number of benzene rings is 1. The predicted octanol–water partition coefficient (Wildman–Crippen LogP) is 0.251. The number of nitrogen functional groups attached to an aromatic ring is 1. The van der Waals surface area contributed by atoms with E-state index in [-0.39, 0.29) is 10.9 Å². The van der Waals surface area contributed by atoms with Crippen molar-refractivity contribution in [3.8, 4) is 0 Å². The van der Waals surface area contributed by atoms with E-state index in [1.54, 1.807) is 18.2 Å². The molecular weight excluding hydrogens is 238 g/mol. The van der Waals surface area contributed by atoms with E-state index < -0.39 is 10.0 Å². The first-order chi connectivity index (χ1) is 8.01. The van der Waals surface area contributed by atoms with Crippen LogP contribution >= 0.6 is 0 Å². The molecule has 1 aliphatic rings. The van der Waals surface area contributed by atoms with Crippen LogP contribution in [0, 0.1) is 0 Å². The Bertz CT molecular complexity index is 501. The number of nitrogens with zero attached hydrogens (tertiary/aromatic N) is 1. The van der Waals surface area contributed by atoms with Gasteiger partial charge in [0, 0.05) is 31.4 Å². The minimum Gasteiger partial charge on any atom is -0.399 e. The molecule has 5 nitrogen and oxygen atoms in total. The van der Waals surface area contributed by atoms with Gasteiger partial charge in [-0.3, -0.25) is 0 Å². The summed E-state index contributed by atoms with van der Waals surface area (Å²) in [6, 6.07) is 6.40. The Morgan fingerprint density at radius 3 is 2.88 bits per heavy atom. The third-order valence-electron chi connectivity index (χ3n) is 2.91. The highest BCUT2D eigenvalue weighted by atomic mass is 32.2. The summed E-state index contributed by atoms with van der Waals surface area (Å²) in [5.74, 6) is 0. The summed E-state index contributed by atoms with van der Waals surface area (Å²) in [6.07, 6.45) is 0. The molecule has 0 spiro atoms. The zero-order valence-electron chi connectivity index (χ0n) is 9.76. The van der Waals surface area contributed by atoms with Gasteiger partial charge in [-0.1, -0.05) is 6.07 Å². The monoisotopic (exact) mass is 255 g/mol. The zero-order chi connectivity index (χ0) is 12.5. The van der Waals surface area contributed by atoms with E-state index in [9.17, 15) is 8.42 Å². The molecule has 3 N–H and O–H groups in total. The maximum atomic E-state index is 12.4. The van der Waals surface area contributed by atoms with Crippen LogP contribution in [0.3, 0.4) is 0 Å². The van der Waals surface area contributed by atoms with E-state index in [0.717, 1.165) is 0 Å². The van der Waals surface area contributed by atoms with E-state index in [2.05, 4.69) is 5.32 Å². The van der Waals surface area contributed by atoms with Crippen LogP contribution in [0.25, 0.3) is 0 Å². The van der Waals surface area contributed by atoms with Gasteiger partial charge >= 0.3 is 0 Å². The number of piperazine rings is 1. The van der Waals surface area contributed by atoms with Crippen molar-refractivity contribution >= 4 is 15.7 Å². The molecule has 1 fully saturated rings. The number of nitrogens with two attached hydrogens (primary N) is 1. The minimum atomic E-state index is -3.42. The Kier molecular flexibility index (Phi) is 3.37. The molecule has 17 heavy (non-hydrogen) atoms. The average Bonchev–Trinajstić information content (AvgIpc) is 2.29. The number of hydrogen-bond acceptors (Lipinski definition) is 4. The fraction of sp³-hybridized carbons (Fsp3) is 0.455. The number of hydrogen-bond donors (Lipinski definition) is 2. The highest BCUT2D eigenvalue weighted by Gasteiger charge is 2.30. The minimum absolute atomic E-state index is 0.0322. The van der Waals surface area contributed by atoms with Crippen LogP contribution in [-0.4, -0.2) is 38.4 Å². The molecule has 94 valence electrons. The second-order valence-corrected chi connectivity index (χ2v) is 6.13. The Balaban J connectivity index is 2.35. The van der Waals surface area contributed by atoms with Crippen LogP contribution in [0.1, 0.15) is 6.92 Å². The lowest BCUT2D eigenvalue weighted by atomic mass is 10.3. The van der Waals surface area contributed by atoms with Gasteiger partial charge in [-0.05, 0) is 25.1 Å². The molecule has 0 aromatic heterocycles. The fourth-order valence-corrected chi connectivity index (χ4v) is 3.68. The lowest BCUT2D eigenvalue weighted by molar-refractivity contribution is 0.284. The largest absolute Gasteiger partial charge is 0.399 e. The van der Waals surface area contributed by atoms with Crippen molar-refractivity contribution in [3.05, 3.63) is 24.3 Å². The smallest absolute Gasteiger partial charge is 0.243 e. The Labute approximate surface area is 102 Å². The second-order valence-electron chi connectivity index (χ2n) is 4.24.